The van der Waals surface area contributed by atoms with Crippen LogP contribution < -0.4 is 9.47 Å². The largest absolute Gasteiger partial charge is 0.439 e. The molecule has 0 saturated carbocycles. The highest BCUT2D eigenvalue weighted by molar-refractivity contribution is 5.81. The van der Waals surface area contributed by atoms with Gasteiger partial charge in [0.1, 0.15) is 22.9 Å². The summed E-state index contributed by atoms with van der Waals surface area (Å²) in [5.74, 6) is -0.918. The number of halogens is 12. The standard InChI is InChI=1S/C26H10F12N4O2/c27-23(28,29)15-9-17(25(33,34)35)39-21-13(15)5-7-19(41-21)43-11-1-2-12(4-3-11)44-20-8-6-14-16(24(30,31)32)10-18(26(36,37)38)40-22(14)42-20/h1-10H. The molecule has 0 unspecified atom stereocenters. The molecule has 0 aliphatic rings. The Morgan fingerprint density at radius 1 is 0.409 bits per heavy atom. The van der Waals surface area contributed by atoms with Crippen molar-refractivity contribution in [3.8, 4) is 23.3 Å². The van der Waals surface area contributed by atoms with Gasteiger partial charge in [-0.2, -0.15) is 62.7 Å². The molecule has 0 bridgehead atoms. The number of benzene rings is 1. The van der Waals surface area contributed by atoms with Crippen LogP contribution in [0.3, 0.4) is 0 Å². The highest BCUT2D eigenvalue weighted by Crippen LogP contribution is 2.40. The van der Waals surface area contributed by atoms with E-state index in [9.17, 15) is 52.7 Å². The van der Waals surface area contributed by atoms with Gasteiger partial charge in [-0.15, -0.1) is 0 Å². The zero-order valence-corrected chi connectivity index (χ0v) is 20.9. The predicted octanol–water partition coefficient (Wildman–Crippen LogP) is 9.23. The predicted molar refractivity (Wildman–Crippen MR) is 126 cm³/mol. The van der Waals surface area contributed by atoms with Gasteiger partial charge in [-0.3, -0.25) is 0 Å². The van der Waals surface area contributed by atoms with Crippen LogP contribution in [-0.2, 0) is 24.7 Å². The second kappa shape index (κ2) is 10.4. The average Bonchev–Trinajstić information content (AvgIpc) is 2.90. The molecule has 1 aromatic carbocycles. The first-order valence-corrected chi connectivity index (χ1v) is 11.7. The number of rotatable bonds is 4. The first-order valence-electron chi connectivity index (χ1n) is 11.7. The maximum atomic E-state index is 13.4. The lowest BCUT2D eigenvalue weighted by Crippen LogP contribution is -2.14. The Hall–Kier alpha value is -4.90. The number of hydrogen-bond acceptors (Lipinski definition) is 6. The van der Waals surface area contributed by atoms with Crippen LogP contribution in [0.2, 0.25) is 0 Å². The molecular formula is C26H10F12N4O2. The van der Waals surface area contributed by atoms with Gasteiger partial charge < -0.3 is 9.47 Å². The highest BCUT2D eigenvalue weighted by atomic mass is 19.4. The van der Waals surface area contributed by atoms with Crippen molar-refractivity contribution in [2.24, 2.45) is 0 Å². The van der Waals surface area contributed by atoms with E-state index in [0.717, 1.165) is 24.3 Å². The average molecular weight is 638 g/mol. The second-order valence-corrected chi connectivity index (χ2v) is 8.82. The lowest BCUT2D eigenvalue weighted by atomic mass is 10.1. The summed E-state index contributed by atoms with van der Waals surface area (Å²) in [5.41, 5.74) is -8.60. The Balaban J connectivity index is 1.40. The van der Waals surface area contributed by atoms with Crippen LogP contribution in [0.5, 0.6) is 23.3 Å². The second-order valence-electron chi connectivity index (χ2n) is 8.82. The molecule has 230 valence electrons. The van der Waals surface area contributed by atoms with Crippen molar-refractivity contribution < 1.29 is 62.2 Å². The van der Waals surface area contributed by atoms with E-state index in [-0.39, 0.29) is 23.6 Å². The molecule has 0 amide bonds. The van der Waals surface area contributed by atoms with E-state index in [1.807, 2.05) is 0 Å². The summed E-state index contributed by atoms with van der Waals surface area (Å²) in [4.78, 5) is 13.6. The Morgan fingerprint density at radius 3 is 1.05 bits per heavy atom. The summed E-state index contributed by atoms with van der Waals surface area (Å²) in [6, 6.07) is 8.19. The van der Waals surface area contributed by atoms with Gasteiger partial charge in [0.15, 0.2) is 11.3 Å². The quantitative estimate of drug-likeness (QED) is 0.183. The summed E-state index contributed by atoms with van der Waals surface area (Å²) in [6.45, 7) is 0. The number of fused-ring (bicyclic) bond motifs is 2. The molecule has 0 atom stereocenters. The van der Waals surface area contributed by atoms with Gasteiger partial charge in [0, 0.05) is 22.9 Å². The third-order valence-corrected chi connectivity index (χ3v) is 5.75. The molecule has 4 heterocycles. The molecule has 4 aromatic heterocycles. The van der Waals surface area contributed by atoms with E-state index in [1.54, 1.807) is 0 Å². The van der Waals surface area contributed by atoms with Crippen LogP contribution in [0.25, 0.3) is 22.1 Å². The van der Waals surface area contributed by atoms with Crippen LogP contribution in [-0.4, -0.2) is 19.9 Å². The van der Waals surface area contributed by atoms with Crippen molar-refractivity contribution in [2.75, 3.05) is 0 Å². The lowest BCUT2D eigenvalue weighted by molar-refractivity contribution is -0.146. The first kappa shape index (κ1) is 30.6. The van der Waals surface area contributed by atoms with Gasteiger partial charge in [-0.1, -0.05) is 0 Å². The van der Waals surface area contributed by atoms with Gasteiger partial charge in [-0.25, -0.2) is 9.97 Å². The number of alkyl halides is 12. The topological polar surface area (TPSA) is 70.0 Å². The molecule has 0 N–H and O–H groups in total. The van der Waals surface area contributed by atoms with Crippen molar-refractivity contribution in [1.29, 1.82) is 0 Å². The Bertz CT molecular complexity index is 1730. The number of aromatic nitrogens is 4. The minimum Gasteiger partial charge on any atom is -0.439 e. The van der Waals surface area contributed by atoms with Crippen LogP contribution >= 0.6 is 0 Å². The third-order valence-electron chi connectivity index (χ3n) is 5.75. The SMILES string of the molecule is FC(F)(F)c1cc(C(F)(F)F)c2ccc(Oc3ccc(Oc4ccc5c(C(F)(F)F)cc(C(F)(F)F)nc5n4)cc3)nc2n1. The Kier molecular flexibility index (Phi) is 7.20. The minimum atomic E-state index is -5.19. The van der Waals surface area contributed by atoms with Crippen LogP contribution in [0, 0.1) is 0 Å². The van der Waals surface area contributed by atoms with Crippen LogP contribution in [0.1, 0.15) is 22.5 Å². The normalized spacial score (nSPS) is 13.0. The number of pyridine rings is 4. The molecular weight excluding hydrogens is 628 g/mol. The lowest BCUT2D eigenvalue weighted by Gasteiger charge is -2.14. The molecule has 6 nitrogen and oxygen atoms in total. The molecule has 44 heavy (non-hydrogen) atoms. The molecule has 5 rings (SSSR count). The maximum Gasteiger partial charge on any atom is 0.433 e. The highest BCUT2D eigenvalue weighted by Gasteiger charge is 2.41. The molecule has 0 fully saturated rings. The van der Waals surface area contributed by atoms with Gasteiger partial charge in [0.05, 0.1) is 11.1 Å². The van der Waals surface area contributed by atoms with Gasteiger partial charge in [0.2, 0.25) is 11.8 Å². The van der Waals surface area contributed by atoms with Crippen LogP contribution in [0.4, 0.5) is 52.7 Å². The molecule has 18 heteroatoms. The Morgan fingerprint density at radius 2 is 0.750 bits per heavy atom. The number of ether oxygens (including phenoxy) is 2. The molecule has 0 saturated heterocycles. The monoisotopic (exact) mass is 638 g/mol. The first-order chi connectivity index (χ1) is 20.3. The van der Waals surface area contributed by atoms with Gasteiger partial charge in [0.25, 0.3) is 0 Å². The Labute approximate surface area is 235 Å². The van der Waals surface area contributed by atoms with E-state index in [0.29, 0.717) is 0 Å². The molecule has 0 radical (unpaired) electrons. The maximum absolute atomic E-state index is 13.4. The number of hydrogen-bond donors (Lipinski definition) is 0. The summed E-state index contributed by atoms with van der Waals surface area (Å²) < 4.78 is 170. The zero-order chi connectivity index (χ0) is 32.2. The minimum absolute atomic E-state index is 0.0370. The summed E-state index contributed by atoms with van der Waals surface area (Å²) in [5, 5.41) is -1.41. The van der Waals surface area contributed by atoms with E-state index >= 15 is 0 Å². The van der Waals surface area contributed by atoms with E-state index in [2.05, 4.69) is 19.9 Å². The fraction of sp³-hybridized carbons (Fsp3) is 0.154. The zero-order valence-electron chi connectivity index (χ0n) is 20.9. The molecule has 0 aliphatic carbocycles. The molecule has 5 aromatic rings. The summed E-state index contributed by atoms with van der Waals surface area (Å²) >= 11 is 0. The van der Waals surface area contributed by atoms with Crippen molar-refractivity contribution in [1.82, 2.24) is 19.9 Å². The van der Waals surface area contributed by atoms with E-state index < -0.39 is 81.0 Å². The smallest absolute Gasteiger partial charge is 0.433 e. The molecule has 0 aliphatic heterocycles. The molecule has 0 spiro atoms. The fourth-order valence-electron chi connectivity index (χ4n) is 3.87. The van der Waals surface area contributed by atoms with Crippen molar-refractivity contribution in [3.05, 3.63) is 83.2 Å². The number of nitrogens with zero attached hydrogens (tertiary/aromatic N) is 4. The van der Waals surface area contributed by atoms with Crippen LogP contribution in [0.15, 0.2) is 60.7 Å². The van der Waals surface area contributed by atoms with E-state index in [1.165, 1.54) is 24.3 Å². The third kappa shape index (κ3) is 6.37. The van der Waals surface area contributed by atoms with E-state index in [4.69, 9.17) is 9.47 Å². The van der Waals surface area contributed by atoms with Crippen molar-refractivity contribution >= 4 is 22.1 Å². The fourth-order valence-corrected chi connectivity index (χ4v) is 3.87. The van der Waals surface area contributed by atoms with Gasteiger partial charge in [-0.05, 0) is 48.5 Å². The summed E-state index contributed by atoms with van der Waals surface area (Å²) in [7, 11) is 0. The van der Waals surface area contributed by atoms with Crippen molar-refractivity contribution in [3.63, 3.8) is 0 Å². The van der Waals surface area contributed by atoms with Gasteiger partial charge >= 0.3 is 24.7 Å². The summed E-state index contributed by atoms with van der Waals surface area (Å²) in [6.07, 6.45) is -20.7. The van der Waals surface area contributed by atoms with Crippen molar-refractivity contribution in [2.45, 2.75) is 24.7 Å².